The summed E-state index contributed by atoms with van der Waals surface area (Å²) in [5.41, 5.74) is 0.918. The van der Waals surface area contributed by atoms with Crippen LogP contribution in [-0.2, 0) is 18.4 Å². The van der Waals surface area contributed by atoms with Crippen molar-refractivity contribution < 1.29 is 9.59 Å². The summed E-state index contributed by atoms with van der Waals surface area (Å²) in [4.78, 5) is 30.6. The first kappa shape index (κ1) is 16.2. The third-order valence-corrected chi connectivity index (χ3v) is 4.21. The summed E-state index contributed by atoms with van der Waals surface area (Å²) >= 11 is 1.40. The number of thiophene rings is 1. The molecular weight excluding hydrogens is 300 g/mol. The maximum absolute atomic E-state index is 11.8. The van der Waals surface area contributed by atoms with Gasteiger partial charge in [-0.25, -0.2) is 4.98 Å². The molecule has 1 amide bonds. The smallest absolute Gasteiger partial charge is 0.220 e. The molecule has 22 heavy (non-hydrogen) atoms. The second-order valence-electron chi connectivity index (χ2n) is 5.18. The standard InChI is InChI=1S/C15H20N4O2S/c1-18(2)15-17-10-11(19(15)3)9-16-14(21)7-6-12(20)13-5-4-8-22-13/h4-5,8,10H,6-7,9H2,1-3H3,(H,16,21). The largest absolute Gasteiger partial charge is 0.350 e. The van der Waals surface area contributed by atoms with Gasteiger partial charge in [-0.3, -0.25) is 9.59 Å². The van der Waals surface area contributed by atoms with Gasteiger partial charge in [0.1, 0.15) is 0 Å². The van der Waals surface area contributed by atoms with E-state index in [0.717, 1.165) is 11.6 Å². The Morgan fingerprint density at radius 1 is 1.36 bits per heavy atom. The molecule has 0 fully saturated rings. The minimum atomic E-state index is -0.127. The molecular formula is C15H20N4O2S. The summed E-state index contributed by atoms with van der Waals surface area (Å²) < 4.78 is 1.93. The molecule has 0 aliphatic rings. The molecule has 0 saturated carbocycles. The van der Waals surface area contributed by atoms with E-state index in [0.29, 0.717) is 11.4 Å². The molecule has 0 bridgehead atoms. The fourth-order valence-electron chi connectivity index (χ4n) is 2.08. The van der Waals surface area contributed by atoms with Crippen LogP contribution in [0.2, 0.25) is 0 Å². The molecule has 2 aromatic heterocycles. The van der Waals surface area contributed by atoms with Crippen molar-refractivity contribution >= 4 is 29.0 Å². The lowest BCUT2D eigenvalue weighted by molar-refractivity contribution is -0.121. The predicted molar refractivity (Wildman–Crippen MR) is 87.3 cm³/mol. The average Bonchev–Trinajstić information content (AvgIpc) is 3.12. The first-order valence-electron chi connectivity index (χ1n) is 7.00. The Labute approximate surface area is 133 Å². The van der Waals surface area contributed by atoms with Crippen LogP contribution >= 0.6 is 11.3 Å². The van der Waals surface area contributed by atoms with E-state index in [-0.39, 0.29) is 24.5 Å². The minimum absolute atomic E-state index is 0.0144. The third-order valence-electron chi connectivity index (χ3n) is 3.30. The number of carbonyl (C=O) groups excluding carboxylic acids is 2. The fraction of sp³-hybridized carbons (Fsp3) is 0.400. The van der Waals surface area contributed by atoms with Gasteiger partial charge in [0.15, 0.2) is 5.78 Å². The molecule has 0 aliphatic carbocycles. The summed E-state index contributed by atoms with van der Waals surface area (Å²) in [5.74, 6) is 0.718. The van der Waals surface area contributed by atoms with Gasteiger partial charge >= 0.3 is 0 Å². The van der Waals surface area contributed by atoms with Crippen LogP contribution in [0.4, 0.5) is 5.95 Å². The van der Waals surface area contributed by atoms with E-state index >= 15 is 0 Å². The van der Waals surface area contributed by atoms with Crippen LogP contribution in [0.15, 0.2) is 23.7 Å². The van der Waals surface area contributed by atoms with E-state index in [9.17, 15) is 9.59 Å². The quantitative estimate of drug-likeness (QED) is 0.790. The molecule has 0 aliphatic heterocycles. The molecule has 0 spiro atoms. The molecule has 0 radical (unpaired) electrons. The Morgan fingerprint density at radius 3 is 2.73 bits per heavy atom. The van der Waals surface area contributed by atoms with E-state index < -0.39 is 0 Å². The van der Waals surface area contributed by atoms with E-state index in [1.165, 1.54) is 11.3 Å². The third kappa shape index (κ3) is 3.94. The summed E-state index contributed by atoms with van der Waals surface area (Å²) in [6, 6.07) is 3.62. The molecule has 2 rings (SSSR count). The second kappa shape index (κ2) is 7.22. The SMILES string of the molecule is CN(C)c1ncc(CNC(=O)CCC(=O)c2cccs2)n1C. The predicted octanol–water partition coefficient (Wildman–Crippen LogP) is 1.83. The van der Waals surface area contributed by atoms with Gasteiger partial charge < -0.3 is 14.8 Å². The number of carbonyl (C=O) groups is 2. The number of imidazole rings is 1. The van der Waals surface area contributed by atoms with Crippen LogP contribution in [0.3, 0.4) is 0 Å². The van der Waals surface area contributed by atoms with Gasteiger partial charge in [0.25, 0.3) is 0 Å². The van der Waals surface area contributed by atoms with E-state index in [4.69, 9.17) is 0 Å². The van der Waals surface area contributed by atoms with Crippen molar-refractivity contribution in [1.82, 2.24) is 14.9 Å². The first-order valence-corrected chi connectivity index (χ1v) is 7.88. The van der Waals surface area contributed by atoms with Gasteiger partial charge in [-0.15, -0.1) is 11.3 Å². The maximum atomic E-state index is 11.8. The van der Waals surface area contributed by atoms with Gasteiger partial charge in [-0.1, -0.05) is 6.07 Å². The van der Waals surface area contributed by atoms with E-state index in [1.807, 2.05) is 42.1 Å². The molecule has 1 N–H and O–H groups in total. The van der Waals surface area contributed by atoms with Crippen molar-refractivity contribution in [2.24, 2.45) is 7.05 Å². The van der Waals surface area contributed by atoms with Crippen LogP contribution < -0.4 is 10.2 Å². The highest BCUT2D eigenvalue weighted by atomic mass is 32.1. The Balaban J connectivity index is 1.79. The Hall–Kier alpha value is -2.15. The number of hydrogen-bond donors (Lipinski definition) is 1. The van der Waals surface area contributed by atoms with Crippen molar-refractivity contribution in [2.45, 2.75) is 19.4 Å². The van der Waals surface area contributed by atoms with E-state index in [1.54, 1.807) is 12.3 Å². The van der Waals surface area contributed by atoms with Crippen molar-refractivity contribution in [3.05, 3.63) is 34.3 Å². The number of nitrogens with zero attached hydrogens (tertiary/aromatic N) is 3. The normalized spacial score (nSPS) is 10.5. The van der Waals surface area contributed by atoms with Crippen molar-refractivity contribution in [1.29, 1.82) is 0 Å². The summed E-state index contributed by atoms with van der Waals surface area (Å²) in [6.07, 6.45) is 2.18. The van der Waals surface area contributed by atoms with Crippen LogP contribution in [0.1, 0.15) is 28.2 Å². The van der Waals surface area contributed by atoms with Crippen LogP contribution in [-0.4, -0.2) is 35.3 Å². The van der Waals surface area contributed by atoms with Crippen molar-refractivity contribution in [3.63, 3.8) is 0 Å². The second-order valence-corrected chi connectivity index (χ2v) is 6.13. The molecule has 7 heteroatoms. The molecule has 0 aromatic carbocycles. The van der Waals surface area contributed by atoms with Crippen LogP contribution in [0.25, 0.3) is 0 Å². The molecule has 118 valence electrons. The number of rotatable bonds is 7. The zero-order valence-corrected chi connectivity index (χ0v) is 13.8. The fourth-order valence-corrected chi connectivity index (χ4v) is 2.77. The van der Waals surface area contributed by atoms with Gasteiger partial charge in [0.05, 0.1) is 23.3 Å². The lowest BCUT2D eigenvalue weighted by atomic mass is 10.2. The van der Waals surface area contributed by atoms with Gasteiger partial charge in [0, 0.05) is 34.0 Å². The lowest BCUT2D eigenvalue weighted by Crippen LogP contribution is -2.24. The molecule has 0 atom stereocenters. The monoisotopic (exact) mass is 320 g/mol. The van der Waals surface area contributed by atoms with Gasteiger partial charge in [0.2, 0.25) is 11.9 Å². The van der Waals surface area contributed by atoms with Crippen LogP contribution in [0.5, 0.6) is 0 Å². The number of hydrogen-bond acceptors (Lipinski definition) is 5. The number of amides is 1. The molecule has 2 heterocycles. The highest BCUT2D eigenvalue weighted by Crippen LogP contribution is 2.13. The number of nitrogens with one attached hydrogen (secondary N) is 1. The lowest BCUT2D eigenvalue weighted by Gasteiger charge is -2.12. The maximum Gasteiger partial charge on any atom is 0.220 e. The topological polar surface area (TPSA) is 67.2 Å². The number of anilines is 1. The molecule has 6 nitrogen and oxygen atoms in total. The van der Waals surface area contributed by atoms with Gasteiger partial charge in [-0.05, 0) is 11.4 Å². The van der Waals surface area contributed by atoms with Crippen LogP contribution in [0, 0.1) is 0 Å². The highest BCUT2D eigenvalue weighted by Gasteiger charge is 2.12. The molecule has 2 aromatic rings. The minimum Gasteiger partial charge on any atom is -0.350 e. The molecule has 0 unspecified atom stereocenters. The Morgan fingerprint density at radius 2 is 2.14 bits per heavy atom. The Bertz CT molecular complexity index is 647. The van der Waals surface area contributed by atoms with Crippen molar-refractivity contribution in [2.75, 3.05) is 19.0 Å². The summed E-state index contributed by atoms with van der Waals surface area (Å²) in [5, 5.41) is 4.68. The van der Waals surface area contributed by atoms with E-state index in [2.05, 4.69) is 10.3 Å². The summed E-state index contributed by atoms with van der Waals surface area (Å²) in [7, 11) is 5.74. The highest BCUT2D eigenvalue weighted by molar-refractivity contribution is 7.12. The average molecular weight is 320 g/mol. The number of aromatic nitrogens is 2. The zero-order chi connectivity index (χ0) is 16.1. The zero-order valence-electron chi connectivity index (χ0n) is 13.0. The first-order chi connectivity index (χ1) is 10.5. The van der Waals surface area contributed by atoms with Crippen molar-refractivity contribution in [3.8, 4) is 0 Å². The van der Waals surface area contributed by atoms with Gasteiger partial charge in [-0.2, -0.15) is 0 Å². The Kier molecular flexibility index (Phi) is 5.32. The number of ketones is 1. The molecule has 0 saturated heterocycles. The number of Topliss-reactive ketones (excluding diaryl/α,β-unsaturated/α-hetero) is 1. The summed E-state index contributed by atoms with van der Waals surface area (Å²) in [6.45, 7) is 0.406.